The standard InChI is InChI=1S/C15H25N3O3/c1-12-9-17(5-6-18(12)10-13(2)19)11-15(20)16-8-14-4-3-7-21-14/h3-4,7,12-13,19H,5-6,8-11H2,1-2H3,(H,16,20)/t12-,13+/m0/s1. The Morgan fingerprint density at radius 2 is 2.38 bits per heavy atom. The number of hydrogen-bond donors (Lipinski definition) is 2. The fourth-order valence-electron chi connectivity index (χ4n) is 2.68. The van der Waals surface area contributed by atoms with Crippen LogP contribution in [0, 0.1) is 0 Å². The predicted molar refractivity (Wildman–Crippen MR) is 79.7 cm³/mol. The second kappa shape index (κ2) is 7.59. The highest BCUT2D eigenvalue weighted by molar-refractivity contribution is 5.77. The molecule has 0 radical (unpaired) electrons. The molecule has 1 fully saturated rings. The smallest absolute Gasteiger partial charge is 0.234 e. The molecule has 0 saturated carbocycles. The number of furan rings is 1. The zero-order chi connectivity index (χ0) is 15.2. The van der Waals surface area contributed by atoms with Gasteiger partial charge in [-0.2, -0.15) is 0 Å². The van der Waals surface area contributed by atoms with Gasteiger partial charge in [0.25, 0.3) is 0 Å². The van der Waals surface area contributed by atoms with E-state index in [1.54, 1.807) is 13.2 Å². The van der Waals surface area contributed by atoms with Gasteiger partial charge < -0.3 is 14.8 Å². The maximum atomic E-state index is 11.9. The molecule has 2 heterocycles. The van der Waals surface area contributed by atoms with Gasteiger partial charge in [-0.3, -0.25) is 14.6 Å². The summed E-state index contributed by atoms with van der Waals surface area (Å²) in [5.41, 5.74) is 0. The van der Waals surface area contributed by atoms with Gasteiger partial charge in [-0.15, -0.1) is 0 Å². The van der Waals surface area contributed by atoms with E-state index in [-0.39, 0.29) is 12.0 Å². The molecule has 21 heavy (non-hydrogen) atoms. The molecule has 2 atom stereocenters. The third-order valence-electron chi connectivity index (χ3n) is 3.76. The number of β-amino-alcohol motifs (C(OH)–C–C–N with tert-alkyl or cyclic N) is 1. The van der Waals surface area contributed by atoms with Crippen LogP contribution in [0.25, 0.3) is 0 Å². The number of rotatable bonds is 6. The first-order valence-corrected chi connectivity index (χ1v) is 7.48. The molecular weight excluding hydrogens is 270 g/mol. The maximum Gasteiger partial charge on any atom is 0.234 e. The summed E-state index contributed by atoms with van der Waals surface area (Å²) in [7, 11) is 0. The highest BCUT2D eigenvalue weighted by atomic mass is 16.3. The van der Waals surface area contributed by atoms with Crippen LogP contribution < -0.4 is 5.32 Å². The molecule has 118 valence electrons. The monoisotopic (exact) mass is 295 g/mol. The molecular formula is C15H25N3O3. The topological polar surface area (TPSA) is 69.0 Å². The van der Waals surface area contributed by atoms with E-state index in [2.05, 4.69) is 22.0 Å². The van der Waals surface area contributed by atoms with E-state index in [0.29, 0.717) is 25.7 Å². The van der Waals surface area contributed by atoms with Crippen LogP contribution in [0.4, 0.5) is 0 Å². The summed E-state index contributed by atoms with van der Waals surface area (Å²) < 4.78 is 5.18. The van der Waals surface area contributed by atoms with E-state index in [9.17, 15) is 9.90 Å². The minimum atomic E-state index is -0.310. The molecule has 1 aliphatic heterocycles. The second-order valence-electron chi connectivity index (χ2n) is 5.78. The van der Waals surface area contributed by atoms with Crippen LogP contribution in [0.5, 0.6) is 0 Å². The molecule has 1 aromatic rings. The number of aliphatic hydroxyl groups is 1. The summed E-state index contributed by atoms with van der Waals surface area (Å²) in [6, 6.07) is 4.01. The van der Waals surface area contributed by atoms with E-state index < -0.39 is 0 Å². The predicted octanol–water partition coefficient (Wildman–Crippen LogP) is 0.283. The first-order chi connectivity index (χ1) is 10.0. The second-order valence-corrected chi connectivity index (χ2v) is 5.78. The van der Waals surface area contributed by atoms with E-state index in [1.165, 1.54) is 0 Å². The summed E-state index contributed by atoms with van der Waals surface area (Å²) in [4.78, 5) is 16.3. The van der Waals surface area contributed by atoms with Crippen molar-refractivity contribution in [3.05, 3.63) is 24.2 Å². The Labute approximate surface area is 125 Å². The Morgan fingerprint density at radius 1 is 1.57 bits per heavy atom. The van der Waals surface area contributed by atoms with Gasteiger partial charge in [0.15, 0.2) is 0 Å². The lowest BCUT2D eigenvalue weighted by Crippen LogP contribution is -2.55. The third kappa shape index (κ3) is 5.15. The normalized spacial score (nSPS) is 22.1. The lowest BCUT2D eigenvalue weighted by Gasteiger charge is -2.40. The zero-order valence-electron chi connectivity index (χ0n) is 12.8. The maximum absolute atomic E-state index is 11.9. The van der Waals surface area contributed by atoms with Crippen molar-refractivity contribution in [3.8, 4) is 0 Å². The van der Waals surface area contributed by atoms with Crippen LogP contribution >= 0.6 is 0 Å². The van der Waals surface area contributed by atoms with Gasteiger partial charge in [0.1, 0.15) is 5.76 Å². The van der Waals surface area contributed by atoms with Crippen molar-refractivity contribution in [1.29, 1.82) is 0 Å². The Balaban J connectivity index is 1.70. The summed E-state index contributed by atoms with van der Waals surface area (Å²) in [6.07, 6.45) is 1.29. The molecule has 6 nitrogen and oxygen atoms in total. The van der Waals surface area contributed by atoms with Crippen molar-refractivity contribution in [1.82, 2.24) is 15.1 Å². The largest absolute Gasteiger partial charge is 0.467 e. The number of carbonyl (C=O) groups excluding carboxylic acids is 1. The van der Waals surface area contributed by atoms with E-state index in [0.717, 1.165) is 25.4 Å². The number of carbonyl (C=O) groups is 1. The van der Waals surface area contributed by atoms with Crippen molar-refractivity contribution >= 4 is 5.91 Å². The lowest BCUT2D eigenvalue weighted by atomic mass is 10.1. The molecule has 1 saturated heterocycles. The number of aliphatic hydroxyl groups excluding tert-OH is 1. The molecule has 0 spiro atoms. The number of hydrogen-bond acceptors (Lipinski definition) is 5. The first kappa shape index (κ1) is 16.0. The van der Waals surface area contributed by atoms with Crippen LogP contribution in [-0.2, 0) is 11.3 Å². The van der Waals surface area contributed by atoms with Gasteiger partial charge in [0, 0.05) is 32.2 Å². The molecule has 1 amide bonds. The van der Waals surface area contributed by atoms with Crippen LogP contribution in [0.3, 0.4) is 0 Å². The molecule has 0 bridgehead atoms. The minimum Gasteiger partial charge on any atom is -0.467 e. The summed E-state index contributed by atoms with van der Waals surface area (Å²) in [5.74, 6) is 0.779. The third-order valence-corrected chi connectivity index (χ3v) is 3.76. The van der Waals surface area contributed by atoms with Crippen LogP contribution in [0.15, 0.2) is 22.8 Å². The Morgan fingerprint density at radius 3 is 3.00 bits per heavy atom. The van der Waals surface area contributed by atoms with Gasteiger partial charge in [-0.05, 0) is 26.0 Å². The molecule has 0 aliphatic carbocycles. The number of amides is 1. The highest BCUT2D eigenvalue weighted by Gasteiger charge is 2.25. The van der Waals surface area contributed by atoms with Gasteiger partial charge in [0.2, 0.25) is 5.91 Å². The van der Waals surface area contributed by atoms with E-state index >= 15 is 0 Å². The molecule has 0 aromatic carbocycles. The SMILES string of the molecule is C[C@@H](O)CN1CCN(CC(=O)NCc2ccco2)C[C@@H]1C. The van der Waals surface area contributed by atoms with Gasteiger partial charge in [-0.25, -0.2) is 0 Å². The highest BCUT2D eigenvalue weighted by Crippen LogP contribution is 2.09. The van der Waals surface area contributed by atoms with Crippen LogP contribution in [-0.4, -0.2) is 65.7 Å². The van der Waals surface area contributed by atoms with Crippen LogP contribution in [0.1, 0.15) is 19.6 Å². The fraction of sp³-hybridized carbons (Fsp3) is 0.667. The Hall–Kier alpha value is -1.37. The summed E-state index contributed by atoms with van der Waals surface area (Å²) in [5, 5.41) is 12.3. The van der Waals surface area contributed by atoms with Crippen molar-refractivity contribution < 1.29 is 14.3 Å². The molecule has 0 unspecified atom stereocenters. The lowest BCUT2D eigenvalue weighted by molar-refractivity contribution is -0.123. The van der Waals surface area contributed by atoms with Crippen molar-refractivity contribution in [2.24, 2.45) is 0 Å². The molecule has 1 aliphatic rings. The number of nitrogens with zero attached hydrogens (tertiary/aromatic N) is 2. The molecule has 6 heteroatoms. The molecule has 1 aromatic heterocycles. The van der Waals surface area contributed by atoms with Crippen molar-refractivity contribution in [3.63, 3.8) is 0 Å². The van der Waals surface area contributed by atoms with Gasteiger partial charge in [-0.1, -0.05) is 0 Å². The number of nitrogens with one attached hydrogen (secondary N) is 1. The number of piperazine rings is 1. The first-order valence-electron chi connectivity index (χ1n) is 7.48. The quantitative estimate of drug-likeness (QED) is 0.789. The van der Waals surface area contributed by atoms with Crippen molar-refractivity contribution in [2.45, 2.75) is 32.5 Å². The minimum absolute atomic E-state index is 0.0163. The Kier molecular flexibility index (Phi) is 5.78. The van der Waals surface area contributed by atoms with E-state index in [4.69, 9.17) is 4.42 Å². The average Bonchev–Trinajstić information content (AvgIpc) is 2.92. The van der Waals surface area contributed by atoms with Crippen LogP contribution in [0.2, 0.25) is 0 Å². The van der Waals surface area contributed by atoms with Gasteiger partial charge in [0.05, 0.1) is 25.5 Å². The molecule has 2 N–H and O–H groups in total. The zero-order valence-corrected chi connectivity index (χ0v) is 12.8. The van der Waals surface area contributed by atoms with Crippen molar-refractivity contribution in [2.75, 3.05) is 32.7 Å². The average molecular weight is 295 g/mol. The molecule has 2 rings (SSSR count). The Bertz CT molecular complexity index is 433. The summed E-state index contributed by atoms with van der Waals surface area (Å²) >= 11 is 0. The van der Waals surface area contributed by atoms with E-state index in [1.807, 2.05) is 12.1 Å². The van der Waals surface area contributed by atoms with Gasteiger partial charge >= 0.3 is 0 Å². The summed E-state index contributed by atoms with van der Waals surface area (Å²) in [6.45, 7) is 8.07. The fourth-order valence-corrected chi connectivity index (χ4v) is 2.68.